The molecule has 2 aromatic rings. The largest absolute Gasteiger partial charge is 0.497 e. The van der Waals surface area contributed by atoms with Crippen LogP contribution in [0.1, 0.15) is 31.4 Å². The molecule has 29 heavy (non-hydrogen) atoms. The van der Waals surface area contributed by atoms with Crippen molar-refractivity contribution in [2.45, 2.75) is 31.8 Å². The van der Waals surface area contributed by atoms with Gasteiger partial charge in [0.1, 0.15) is 11.5 Å². The number of rotatable bonds is 6. The van der Waals surface area contributed by atoms with Crippen LogP contribution in [-0.2, 0) is 4.79 Å². The number of ether oxygens (including phenoxy) is 2. The summed E-state index contributed by atoms with van der Waals surface area (Å²) in [6.07, 6.45) is 1.69. The zero-order chi connectivity index (χ0) is 21.1. The summed E-state index contributed by atoms with van der Waals surface area (Å²) < 4.78 is 51.2. The molecule has 2 atom stereocenters. The molecule has 0 unspecified atom stereocenters. The first-order valence-electron chi connectivity index (χ1n) is 9.29. The Balaban J connectivity index is 1.80. The molecule has 0 bridgehead atoms. The molecule has 0 saturated carbocycles. The van der Waals surface area contributed by atoms with Gasteiger partial charge in [-0.25, -0.2) is 13.2 Å². The lowest BCUT2D eigenvalue weighted by Gasteiger charge is -2.31. The maximum Gasteiger partial charge on any atom is 0.241 e. The molecule has 8 heteroatoms. The van der Waals surface area contributed by atoms with Crippen molar-refractivity contribution in [2.24, 2.45) is 0 Å². The number of hydrogen-bond donors (Lipinski definition) is 1. The lowest BCUT2D eigenvalue weighted by atomic mass is 10.0. The van der Waals surface area contributed by atoms with Crippen molar-refractivity contribution in [2.75, 3.05) is 26.1 Å². The molecule has 1 N–H and O–H groups in total. The van der Waals surface area contributed by atoms with E-state index in [1.807, 2.05) is 17.0 Å². The highest BCUT2D eigenvalue weighted by atomic mass is 19.2. The number of amides is 1. The first kappa shape index (κ1) is 21.0. The van der Waals surface area contributed by atoms with E-state index in [0.29, 0.717) is 18.0 Å². The number of anilines is 1. The maximum atomic E-state index is 13.9. The number of nitrogens with zero attached hydrogens (tertiary/aromatic N) is 1. The second-order valence-corrected chi connectivity index (χ2v) is 6.89. The van der Waals surface area contributed by atoms with Crippen molar-refractivity contribution in [1.82, 2.24) is 4.90 Å². The summed E-state index contributed by atoms with van der Waals surface area (Å²) in [6.45, 7) is 2.36. The minimum atomic E-state index is -1.61. The standard InChI is InChI=1S/C21H23F3N2O3/c1-12(21(27)25-16-9-8-15(22)19(23)20(16)24)26-10-4-5-17(26)14-7-6-13(28-2)11-18(14)29-3/h6-9,11-12,17H,4-5,10H2,1-3H3,(H,25,27)/t12-,17+/m0/s1. The normalized spacial score (nSPS) is 17.8. The smallest absolute Gasteiger partial charge is 0.241 e. The molecule has 1 saturated heterocycles. The molecular formula is C21H23F3N2O3. The van der Waals surface area contributed by atoms with E-state index in [9.17, 15) is 18.0 Å². The van der Waals surface area contributed by atoms with Gasteiger partial charge in [-0.2, -0.15) is 0 Å². The predicted molar refractivity (Wildman–Crippen MR) is 103 cm³/mol. The number of nitrogens with one attached hydrogen (secondary N) is 1. The van der Waals surface area contributed by atoms with Gasteiger partial charge in [-0.05, 0) is 44.5 Å². The predicted octanol–water partition coefficient (Wildman–Crippen LogP) is 4.29. The molecule has 0 aromatic heterocycles. The van der Waals surface area contributed by atoms with Gasteiger partial charge in [-0.15, -0.1) is 0 Å². The van der Waals surface area contributed by atoms with Crippen LogP contribution in [0, 0.1) is 17.5 Å². The first-order chi connectivity index (χ1) is 13.9. The fourth-order valence-corrected chi connectivity index (χ4v) is 3.69. The zero-order valence-electron chi connectivity index (χ0n) is 16.5. The third-order valence-electron chi connectivity index (χ3n) is 5.26. The quantitative estimate of drug-likeness (QED) is 0.725. The molecule has 1 aliphatic rings. The fraction of sp³-hybridized carbons (Fsp3) is 0.381. The van der Waals surface area contributed by atoms with E-state index in [0.717, 1.165) is 30.5 Å². The number of halogens is 3. The topological polar surface area (TPSA) is 50.8 Å². The van der Waals surface area contributed by atoms with Gasteiger partial charge in [-0.1, -0.05) is 6.07 Å². The van der Waals surface area contributed by atoms with Gasteiger partial charge >= 0.3 is 0 Å². The third-order valence-corrected chi connectivity index (χ3v) is 5.26. The Morgan fingerprint density at radius 3 is 2.59 bits per heavy atom. The second kappa shape index (κ2) is 8.73. The van der Waals surface area contributed by atoms with Crippen LogP contribution in [0.25, 0.3) is 0 Å². The molecule has 1 amide bonds. The Labute approximate surface area is 167 Å². The van der Waals surface area contributed by atoms with Crippen molar-refractivity contribution in [3.63, 3.8) is 0 Å². The molecule has 0 radical (unpaired) electrons. The molecule has 156 valence electrons. The summed E-state index contributed by atoms with van der Waals surface area (Å²) in [7, 11) is 3.14. The van der Waals surface area contributed by atoms with Crippen LogP contribution in [0.2, 0.25) is 0 Å². The summed E-state index contributed by atoms with van der Waals surface area (Å²) in [5, 5.41) is 2.36. The molecule has 1 aliphatic heterocycles. The zero-order valence-corrected chi connectivity index (χ0v) is 16.5. The van der Waals surface area contributed by atoms with E-state index in [1.54, 1.807) is 27.2 Å². The molecule has 1 heterocycles. The third kappa shape index (κ3) is 4.17. The van der Waals surface area contributed by atoms with Crippen LogP contribution in [0.4, 0.5) is 18.9 Å². The van der Waals surface area contributed by atoms with Gasteiger partial charge in [0.25, 0.3) is 0 Å². The highest BCUT2D eigenvalue weighted by molar-refractivity contribution is 5.94. The lowest BCUT2D eigenvalue weighted by molar-refractivity contribution is -0.121. The van der Waals surface area contributed by atoms with E-state index < -0.39 is 35.1 Å². The Bertz CT molecular complexity index is 907. The SMILES string of the molecule is COc1ccc([C@H]2CCCN2[C@@H](C)C(=O)Nc2ccc(F)c(F)c2F)c(OC)c1. The molecule has 0 aliphatic carbocycles. The van der Waals surface area contributed by atoms with Crippen molar-refractivity contribution < 1.29 is 27.4 Å². The number of hydrogen-bond acceptors (Lipinski definition) is 4. The Kier molecular flexibility index (Phi) is 6.32. The number of likely N-dealkylation sites (tertiary alicyclic amines) is 1. The number of carbonyl (C=O) groups is 1. The van der Waals surface area contributed by atoms with Crippen LogP contribution in [-0.4, -0.2) is 37.6 Å². The monoisotopic (exact) mass is 408 g/mol. The van der Waals surface area contributed by atoms with Crippen LogP contribution in [0.5, 0.6) is 11.5 Å². The van der Waals surface area contributed by atoms with Crippen LogP contribution >= 0.6 is 0 Å². The molecular weight excluding hydrogens is 385 g/mol. The van der Waals surface area contributed by atoms with Crippen LogP contribution in [0.3, 0.4) is 0 Å². The number of methoxy groups -OCH3 is 2. The lowest BCUT2D eigenvalue weighted by Crippen LogP contribution is -2.41. The second-order valence-electron chi connectivity index (χ2n) is 6.89. The Morgan fingerprint density at radius 1 is 1.14 bits per heavy atom. The fourth-order valence-electron chi connectivity index (χ4n) is 3.69. The van der Waals surface area contributed by atoms with Gasteiger partial charge in [-0.3, -0.25) is 9.69 Å². The van der Waals surface area contributed by atoms with E-state index in [4.69, 9.17) is 9.47 Å². The van der Waals surface area contributed by atoms with Crippen molar-refractivity contribution in [3.8, 4) is 11.5 Å². The number of benzene rings is 2. The maximum absolute atomic E-state index is 13.9. The minimum absolute atomic E-state index is 0.0774. The van der Waals surface area contributed by atoms with Crippen molar-refractivity contribution >= 4 is 11.6 Å². The molecule has 3 rings (SSSR count). The summed E-state index contributed by atoms with van der Waals surface area (Å²) in [5.74, 6) is -3.53. The molecule has 0 spiro atoms. The average Bonchev–Trinajstić information content (AvgIpc) is 3.22. The van der Waals surface area contributed by atoms with Crippen LogP contribution in [0.15, 0.2) is 30.3 Å². The van der Waals surface area contributed by atoms with Crippen molar-refractivity contribution in [3.05, 3.63) is 53.3 Å². The van der Waals surface area contributed by atoms with E-state index in [1.165, 1.54) is 0 Å². The number of carbonyl (C=O) groups excluding carboxylic acids is 1. The van der Waals surface area contributed by atoms with Gasteiger partial charge in [0.2, 0.25) is 5.91 Å². The van der Waals surface area contributed by atoms with E-state index >= 15 is 0 Å². The summed E-state index contributed by atoms with van der Waals surface area (Å²) >= 11 is 0. The van der Waals surface area contributed by atoms with E-state index in [-0.39, 0.29) is 6.04 Å². The van der Waals surface area contributed by atoms with Gasteiger partial charge in [0.15, 0.2) is 17.5 Å². The van der Waals surface area contributed by atoms with Crippen molar-refractivity contribution in [1.29, 1.82) is 0 Å². The highest BCUT2D eigenvalue weighted by Crippen LogP contribution is 2.39. The molecule has 5 nitrogen and oxygen atoms in total. The van der Waals surface area contributed by atoms with Gasteiger partial charge in [0.05, 0.1) is 25.9 Å². The van der Waals surface area contributed by atoms with E-state index in [2.05, 4.69) is 5.32 Å². The Morgan fingerprint density at radius 2 is 1.90 bits per heavy atom. The summed E-state index contributed by atoms with van der Waals surface area (Å²) in [4.78, 5) is 14.7. The van der Waals surface area contributed by atoms with Gasteiger partial charge in [0, 0.05) is 17.7 Å². The molecule has 2 aromatic carbocycles. The summed E-state index contributed by atoms with van der Waals surface area (Å²) in [6, 6.07) is 6.60. The Hall–Kier alpha value is -2.74. The first-order valence-corrected chi connectivity index (χ1v) is 9.29. The average molecular weight is 408 g/mol. The summed E-state index contributed by atoms with van der Waals surface area (Å²) in [5.41, 5.74) is 0.531. The minimum Gasteiger partial charge on any atom is -0.497 e. The highest BCUT2D eigenvalue weighted by Gasteiger charge is 2.35. The van der Waals surface area contributed by atoms with Crippen LogP contribution < -0.4 is 14.8 Å². The van der Waals surface area contributed by atoms with Gasteiger partial charge < -0.3 is 14.8 Å². The molecule has 1 fully saturated rings.